The minimum absolute atomic E-state index is 0.244. The van der Waals surface area contributed by atoms with Gasteiger partial charge in [-0.3, -0.25) is 0 Å². The minimum Gasteiger partial charge on any atom is -0.359 e. The Morgan fingerprint density at radius 3 is 2.76 bits per heavy atom. The fraction of sp³-hybridized carbons (Fsp3) is 0.0667. The van der Waals surface area contributed by atoms with Gasteiger partial charge in [0.1, 0.15) is 6.17 Å². The molecular weight excluding hydrogens is 208 g/mol. The van der Waals surface area contributed by atoms with Gasteiger partial charge in [-0.2, -0.15) is 0 Å². The number of anilines is 2. The molecule has 0 fully saturated rings. The van der Waals surface area contributed by atoms with Gasteiger partial charge in [0.15, 0.2) is 0 Å². The van der Waals surface area contributed by atoms with Crippen LogP contribution in [-0.4, -0.2) is 0 Å². The van der Waals surface area contributed by atoms with Gasteiger partial charge in [0.25, 0.3) is 0 Å². The fourth-order valence-corrected chi connectivity index (χ4v) is 2.64. The summed E-state index contributed by atoms with van der Waals surface area (Å²) >= 11 is 0. The Bertz CT molecular complexity index is 616. The molecule has 2 heteroatoms. The summed E-state index contributed by atoms with van der Waals surface area (Å²) in [5.41, 5.74) is 5.10. The average Bonchev–Trinajstić information content (AvgIpc) is 2.78. The molecule has 0 aliphatic carbocycles. The molecule has 2 aliphatic rings. The highest BCUT2D eigenvalue weighted by Gasteiger charge is 2.31. The van der Waals surface area contributed by atoms with E-state index in [0.717, 1.165) is 0 Å². The molecule has 1 N–H and O–H groups in total. The number of para-hydroxylation sites is 2. The summed E-state index contributed by atoms with van der Waals surface area (Å²) in [5, 5.41) is 3.57. The van der Waals surface area contributed by atoms with E-state index in [-0.39, 0.29) is 6.17 Å². The molecule has 2 aliphatic heterocycles. The van der Waals surface area contributed by atoms with Crippen molar-refractivity contribution in [2.45, 2.75) is 6.17 Å². The number of rotatable bonds is 0. The zero-order valence-electron chi connectivity index (χ0n) is 9.30. The SMILES string of the molecule is C1=CN2c3ccccc3NC2c2ccccc21. The molecule has 0 saturated heterocycles. The average molecular weight is 220 g/mol. The molecule has 2 aromatic carbocycles. The van der Waals surface area contributed by atoms with Crippen LogP contribution < -0.4 is 10.2 Å². The standard InChI is InChI=1S/C15H12N2/c1-2-6-12-11(5-1)9-10-17-14-8-4-3-7-13(14)16-15(12)17/h1-10,15-16H. The molecule has 1 atom stereocenters. The molecule has 0 spiro atoms. The number of hydrogen-bond donors (Lipinski definition) is 1. The second kappa shape index (κ2) is 3.14. The third kappa shape index (κ3) is 1.15. The second-order valence-corrected chi connectivity index (χ2v) is 4.42. The quantitative estimate of drug-likeness (QED) is 0.729. The maximum absolute atomic E-state index is 3.57. The summed E-state index contributed by atoms with van der Waals surface area (Å²) in [6.45, 7) is 0. The van der Waals surface area contributed by atoms with Gasteiger partial charge in [-0.1, -0.05) is 36.4 Å². The smallest absolute Gasteiger partial charge is 0.130 e. The molecular formula is C15H12N2. The summed E-state index contributed by atoms with van der Waals surface area (Å²) < 4.78 is 0. The molecule has 0 saturated carbocycles. The van der Waals surface area contributed by atoms with Gasteiger partial charge in [0.2, 0.25) is 0 Å². The summed E-state index contributed by atoms with van der Waals surface area (Å²) in [6, 6.07) is 17.0. The van der Waals surface area contributed by atoms with Crippen molar-refractivity contribution in [2.24, 2.45) is 0 Å². The summed E-state index contributed by atoms with van der Waals surface area (Å²) in [4.78, 5) is 2.29. The number of nitrogens with zero attached hydrogens (tertiary/aromatic N) is 1. The lowest BCUT2D eigenvalue weighted by atomic mass is 10.0. The number of fused-ring (bicyclic) bond motifs is 5. The fourth-order valence-electron chi connectivity index (χ4n) is 2.64. The number of hydrogen-bond acceptors (Lipinski definition) is 2. The second-order valence-electron chi connectivity index (χ2n) is 4.42. The highest BCUT2D eigenvalue weighted by molar-refractivity contribution is 5.81. The van der Waals surface area contributed by atoms with E-state index < -0.39 is 0 Å². The normalized spacial score (nSPS) is 19.3. The highest BCUT2D eigenvalue weighted by atomic mass is 15.3. The van der Waals surface area contributed by atoms with Gasteiger partial charge in [0, 0.05) is 11.8 Å². The van der Waals surface area contributed by atoms with E-state index in [1.54, 1.807) is 0 Å². The molecule has 0 radical (unpaired) electrons. The third-order valence-corrected chi connectivity index (χ3v) is 3.46. The summed E-state index contributed by atoms with van der Waals surface area (Å²) in [7, 11) is 0. The molecule has 4 rings (SSSR count). The third-order valence-electron chi connectivity index (χ3n) is 3.46. The van der Waals surface area contributed by atoms with Crippen LogP contribution in [0.2, 0.25) is 0 Å². The van der Waals surface area contributed by atoms with Crippen molar-refractivity contribution < 1.29 is 0 Å². The summed E-state index contributed by atoms with van der Waals surface area (Å²) in [6.07, 6.45) is 4.58. The van der Waals surface area contributed by atoms with Crippen molar-refractivity contribution in [2.75, 3.05) is 10.2 Å². The first-order valence-electron chi connectivity index (χ1n) is 5.84. The van der Waals surface area contributed by atoms with Crippen molar-refractivity contribution in [3.8, 4) is 0 Å². The molecule has 2 nitrogen and oxygen atoms in total. The van der Waals surface area contributed by atoms with Crippen molar-refractivity contribution in [1.82, 2.24) is 0 Å². The molecule has 2 heterocycles. The lowest BCUT2D eigenvalue weighted by Gasteiger charge is -2.28. The van der Waals surface area contributed by atoms with Crippen LogP contribution in [0.1, 0.15) is 17.3 Å². The minimum atomic E-state index is 0.244. The van der Waals surface area contributed by atoms with Crippen LogP contribution in [0, 0.1) is 0 Å². The topological polar surface area (TPSA) is 15.3 Å². The van der Waals surface area contributed by atoms with Crippen LogP contribution in [-0.2, 0) is 0 Å². The first-order valence-corrected chi connectivity index (χ1v) is 5.84. The van der Waals surface area contributed by atoms with Gasteiger partial charge in [-0.25, -0.2) is 0 Å². The van der Waals surface area contributed by atoms with E-state index in [9.17, 15) is 0 Å². The van der Waals surface area contributed by atoms with Crippen molar-refractivity contribution in [3.63, 3.8) is 0 Å². The van der Waals surface area contributed by atoms with Gasteiger partial charge < -0.3 is 10.2 Å². The zero-order valence-corrected chi connectivity index (χ0v) is 9.30. The number of nitrogens with one attached hydrogen (secondary N) is 1. The van der Waals surface area contributed by atoms with Gasteiger partial charge >= 0.3 is 0 Å². The van der Waals surface area contributed by atoms with Crippen LogP contribution in [0.25, 0.3) is 6.08 Å². The summed E-state index contributed by atoms with van der Waals surface area (Å²) in [5.74, 6) is 0. The van der Waals surface area contributed by atoms with E-state index >= 15 is 0 Å². The first-order chi connectivity index (χ1) is 8.43. The van der Waals surface area contributed by atoms with Gasteiger partial charge in [-0.05, 0) is 23.8 Å². The number of benzene rings is 2. The first kappa shape index (κ1) is 8.88. The van der Waals surface area contributed by atoms with E-state index in [0.29, 0.717) is 0 Å². The Balaban J connectivity index is 1.90. The highest BCUT2D eigenvalue weighted by Crippen LogP contribution is 2.44. The maximum Gasteiger partial charge on any atom is 0.130 e. The predicted molar refractivity (Wildman–Crippen MR) is 70.8 cm³/mol. The Morgan fingerprint density at radius 2 is 1.76 bits per heavy atom. The van der Waals surface area contributed by atoms with E-state index in [1.807, 2.05) is 0 Å². The maximum atomic E-state index is 3.57. The molecule has 82 valence electrons. The molecule has 0 aromatic heterocycles. The lowest BCUT2D eigenvalue weighted by molar-refractivity contribution is 0.812. The molecule has 0 bridgehead atoms. The molecule has 17 heavy (non-hydrogen) atoms. The molecule has 2 aromatic rings. The van der Waals surface area contributed by atoms with Crippen molar-refractivity contribution >= 4 is 17.5 Å². The van der Waals surface area contributed by atoms with Crippen LogP contribution in [0.15, 0.2) is 54.7 Å². The van der Waals surface area contributed by atoms with E-state index in [1.165, 1.54) is 22.5 Å². The van der Waals surface area contributed by atoms with Gasteiger partial charge in [0.05, 0.1) is 11.4 Å². The zero-order chi connectivity index (χ0) is 11.2. The van der Waals surface area contributed by atoms with Crippen LogP contribution in [0.5, 0.6) is 0 Å². The van der Waals surface area contributed by atoms with E-state index in [2.05, 4.69) is 71.0 Å². The monoisotopic (exact) mass is 220 g/mol. The van der Waals surface area contributed by atoms with E-state index in [4.69, 9.17) is 0 Å². The lowest BCUT2D eigenvalue weighted by Crippen LogP contribution is -2.25. The van der Waals surface area contributed by atoms with Crippen molar-refractivity contribution in [3.05, 3.63) is 65.9 Å². The predicted octanol–water partition coefficient (Wildman–Crippen LogP) is 3.60. The Hall–Kier alpha value is -2.22. The van der Waals surface area contributed by atoms with Crippen LogP contribution in [0.4, 0.5) is 11.4 Å². The Morgan fingerprint density at radius 1 is 0.941 bits per heavy atom. The molecule has 0 amide bonds. The Labute approximate surface area is 100 Å². The van der Waals surface area contributed by atoms with Crippen molar-refractivity contribution in [1.29, 1.82) is 0 Å². The Kier molecular flexibility index (Phi) is 1.64. The van der Waals surface area contributed by atoms with Crippen LogP contribution >= 0.6 is 0 Å². The molecule has 1 unspecified atom stereocenters. The van der Waals surface area contributed by atoms with Gasteiger partial charge in [-0.15, -0.1) is 0 Å². The largest absolute Gasteiger partial charge is 0.359 e. The van der Waals surface area contributed by atoms with Crippen LogP contribution in [0.3, 0.4) is 0 Å².